The van der Waals surface area contributed by atoms with Crippen molar-refractivity contribution in [2.75, 3.05) is 20.2 Å². The molecule has 1 amide bonds. The molecule has 104 valence electrons. The summed E-state index contributed by atoms with van der Waals surface area (Å²) in [5.74, 6) is 0.0499. The fraction of sp³-hybridized carbons (Fsp3) is 0.533. The fourth-order valence-electron chi connectivity index (χ4n) is 2.68. The van der Waals surface area contributed by atoms with Gasteiger partial charge in [-0.05, 0) is 19.4 Å². The highest BCUT2D eigenvalue weighted by molar-refractivity contribution is 5.82. The van der Waals surface area contributed by atoms with Gasteiger partial charge in [-0.15, -0.1) is 0 Å². The SMILES string of the molecule is COC(C(=O)N1CC(C)NC(C)C1)c1ccccc1. The van der Waals surface area contributed by atoms with Crippen molar-refractivity contribution >= 4 is 5.91 Å². The number of carbonyl (C=O) groups is 1. The van der Waals surface area contributed by atoms with Crippen LogP contribution in [-0.2, 0) is 9.53 Å². The van der Waals surface area contributed by atoms with E-state index in [1.54, 1.807) is 7.11 Å². The van der Waals surface area contributed by atoms with Gasteiger partial charge in [-0.1, -0.05) is 30.3 Å². The highest BCUT2D eigenvalue weighted by Crippen LogP contribution is 2.20. The van der Waals surface area contributed by atoms with Gasteiger partial charge in [0.1, 0.15) is 0 Å². The van der Waals surface area contributed by atoms with Crippen molar-refractivity contribution in [2.24, 2.45) is 0 Å². The summed E-state index contributed by atoms with van der Waals surface area (Å²) in [6.07, 6.45) is -0.501. The molecule has 0 bridgehead atoms. The van der Waals surface area contributed by atoms with Crippen molar-refractivity contribution in [3.63, 3.8) is 0 Å². The van der Waals surface area contributed by atoms with Crippen molar-refractivity contribution in [1.29, 1.82) is 0 Å². The van der Waals surface area contributed by atoms with Gasteiger partial charge in [-0.2, -0.15) is 0 Å². The number of hydrogen-bond acceptors (Lipinski definition) is 3. The number of amides is 1. The van der Waals surface area contributed by atoms with Crippen LogP contribution in [0.5, 0.6) is 0 Å². The van der Waals surface area contributed by atoms with Gasteiger partial charge in [0.05, 0.1) is 0 Å². The van der Waals surface area contributed by atoms with Crippen molar-refractivity contribution in [3.8, 4) is 0 Å². The van der Waals surface area contributed by atoms with E-state index in [0.717, 1.165) is 18.7 Å². The Kier molecular flexibility index (Phi) is 4.56. The van der Waals surface area contributed by atoms with Gasteiger partial charge >= 0.3 is 0 Å². The predicted molar refractivity (Wildman–Crippen MR) is 74.8 cm³/mol. The van der Waals surface area contributed by atoms with Crippen LogP contribution in [0.2, 0.25) is 0 Å². The highest BCUT2D eigenvalue weighted by Gasteiger charge is 2.30. The summed E-state index contributed by atoms with van der Waals surface area (Å²) in [4.78, 5) is 14.5. The standard InChI is InChI=1S/C15H22N2O2/c1-11-9-17(10-12(2)16-11)15(18)14(19-3)13-7-5-4-6-8-13/h4-8,11-12,14,16H,9-10H2,1-3H3. The molecule has 0 radical (unpaired) electrons. The minimum Gasteiger partial charge on any atom is -0.367 e. The van der Waals surface area contributed by atoms with Crippen molar-refractivity contribution in [1.82, 2.24) is 10.2 Å². The van der Waals surface area contributed by atoms with Crippen molar-refractivity contribution < 1.29 is 9.53 Å². The minimum absolute atomic E-state index is 0.0499. The Morgan fingerprint density at radius 1 is 1.26 bits per heavy atom. The summed E-state index contributed by atoms with van der Waals surface area (Å²) in [5, 5.41) is 3.43. The number of rotatable bonds is 3. The molecule has 19 heavy (non-hydrogen) atoms. The molecular formula is C15H22N2O2. The van der Waals surface area contributed by atoms with Gasteiger partial charge in [0.2, 0.25) is 0 Å². The molecule has 1 N–H and O–H groups in total. The molecule has 4 nitrogen and oxygen atoms in total. The summed E-state index contributed by atoms with van der Waals surface area (Å²) in [6, 6.07) is 10.3. The first kappa shape index (κ1) is 14.0. The lowest BCUT2D eigenvalue weighted by Crippen LogP contribution is -2.56. The van der Waals surface area contributed by atoms with Crippen LogP contribution < -0.4 is 5.32 Å². The van der Waals surface area contributed by atoms with Gasteiger partial charge in [-0.25, -0.2) is 0 Å². The Morgan fingerprint density at radius 2 is 1.84 bits per heavy atom. The van der Waals surface area contributed by atoms with Crippen LogP contribution >= 0.6 is 0 Å². The maximum atomic E-state index is 12.6. The zero-order chi connectivity index (χ0) is 13.8. The molecule has 1 aromatic rings. The number of carbonyl (C=O) groups excluding carboxylic acids is 1. The highest BCUT2D eigenvalue weighted by atomic mass is 16.5. The molecule has 3 atom stereocenters. The maximum absolute atomic E-state index is 12.6. The second-order valence-electron chi connectivity index (χ2n) is 5.24. The van der Waals surface area contributed by atoms with Crippen LogP contribution in [0.4, 0.5) is 0 Å². The van der Waals surface area contributed by atoms with Crippen LogP contribution in [0.1, 0.15) is 25.5 Å². The molecule has 1 aliphatic rings. The molecule has 0 aromatic heterocycles. The molecule has 0 saturated carbocycles. The molecule has 3 unspecified atom stereocenters. The topological polar surface area (TPSA) is 41.6 Å². The number of nitrogens with one attached hydrogen (secondary N) is 1. The van der Waals surface area contributed by atoms with E-state index in [1.807, 2.05) is 35.2 Å². The van der Waals surface area contributed by atoms with E-state index in [-0.39, 0.29) is 5.91 Å². The molecule has 1 fully saturated rings. The minimum atomic E-state index is -0.501. The first-order valence-corrected chi connectivity index (χ1v) is 6.74. The lowest BCUT2D eigenvalue weighted by molar-refractivity contribution is -0.144. The van der Waals surface area contributed by atoms with Gasteiger partial charge in [0.15, 0.2) is 6.10 Å². The van der Waals surface area contributed by atoms with Crippen LogP contribution in [-0.4, -0.2) is 43.1 Å². The molecule has 4 heteroatoms. The molecule has 1 aromatic carbocycles. The lowest BCUT2D eigenvalue weighted by atomic mass is 10.1. The van der Waals surface area contributed by atoms with Crippen LogP contribution in [0.25, 0.3) is 0 Å². The molecule has 2 rings (SSSR count). The average Bonchev–Trinajstić information content (AvgIpc) is 2.39. The Hall–Kier alpha value is -1.39. The second-order valence-corrected chi connectivity index (χ2v) is 5.24. The molecule has 0 aliphatic carbocycles. The molecular weight excluding hydrogens is 240 g/mol. The number of hydrogen-bond donors (Lipinski definition) is 1. The summed E-state index contributed by atoms with van der Waals surface area (Å²) >= 11 is 0. The molecule has 1 saturated heterocycles. The normalized spacial score (nSPS) is 25.1. The quantitative estimate of drug-likeness (QED) is 0.899. The van der Waals surface area contributed by atoms with Gasteiger partial charge in [0, 0.05) is 32.3 Å². The van der Waals surface area contributed by atoms with Crippen molar-refractivity contribution in [3.05, 3.63) is 35.9 Å². The van der Waals surface area contributed by atoms with E-state index < -0.39 is 6.10 Å². The first-order chi connectivity index (χ1) is 9.11. The first-order valence-electron chi connectivity index (χ1n) is 6.74. The van der Waals surface area contributed by atoms with Gasteiger partial charge in [0.25, 0.3) is 5.91 Å². The largest absolute Gasteiger partial charge is 0.367 e. The maximum Gasteiger partial charge on any atom is 0.256 e. The van der Waals surface area contributed by atoms with E-state index in [4.69, 9.17) is 4.74 Å². The van der Waals surface area contributed by atoms with Gasteiger partial charge in [-0.3, -0.25) is 4.79 Å². The van der Waals surface area contributed by atoms with Crippen LogP contribution in [0, 0.1) is 0 Å². The monoisotopic (exact) mass is 262 g/mol. The molecule has 1 aliphatic heterocycles. The zero-order valence-electron chi connectivity index (χ0n) is 11.8. The zero-order valence-corrected chi connectivity index (χ0v) is 11.8. The Bertz CT molecular complexity index is 411. The van der Waals surface area contributed by atoms with Crippen LogP contribution in [0.15, 0.2) is 30.3 Å². The third-order valence-corrected chi connectivity index (χ3v) is 3.43. The van der Waals surface area contributed by atoms with E-state index >= 15 is 0 Å². The summed E-state index contributed by atoms with van der Waals surface area (Å²) < 4.78 is 5.41. The van der Waals surface area contributed by atoms with Crippen molar-refractivity contribution in [2.45, 2.75) is 32.0 Å². The number of benzene rings is 1. The fourth-order valence-corrected chi connectivity index (χ4v) is 2.68. The summed E-state index contributed by atoms with van der Waals surface area (Å²) in [7, 11) is 1.59. The summed E-state index contributed by atoms with van der Waals surface area (Å²) in [6.45, 7) is 5.66. The van der Waals surface area contributed by atoms with E-state index in [0.29, 0.717) is 12.1 Å². The number of piperazine rings is 1. The average molecular weight is 262 g/mol. The number of methoxy groups -OCH3 is 1. The Morgan fingerprint density at radius 3 is 2.37 bits per heavy atom. The van der Waals surface area contributed by atoms with Gasteiger partial charge < -0.3 is 15.0 Å². The predicted octanol–water partition coefficient (Wildman–Crippen LogP) is 1.58. The number of nitrogens with zero attached hydrogens (tertiary/aromatic N) is 1. The number of ether oxygens (including phenoxy) is 1. The smallest absolute Gasteiger partial charge is 0.256 e. The summed E-state index contributed by atoms with van der Waals surface area (Å²) in [5.41, 5.74) is 0.911. The lowest BCUT2D eigenvalue weighted by Gasteiger charge is -2.37. The second kappa shape index (κ2) is 6.17. The Labute approximate surface area is 114 Å². The third kappa shape index (κ3) is 3.33. The van der Waals surface area contributed by atoms with E-state index in [1.165, 1.54) is 0 Å². The molecule has 1 heterocycles. The Balaban J connectivity index is 2.13. The third-order valence-electron chi connectivity index (χ3n) is 3.43. The molecule has 0 spiro atoms. The van der Waals surface area contributed by atoms with E-state index in [2.05, 4.69) is 19.2 Å². The van der Waals surface area contributed by atoms with E-state index in [9.17, 15) is 4.79 Å². The van der Waals surface area contributed by atoms with Crippen LogP contribution in [0.3, 0.4) is 0 Å².